The molecule has 0 amide bonds. The molecule has 1 aromatic rings. The van der Waals surface area contributed by atoms with Crippen molar-refractivity contribution in [2.24, 2.45) is 0 Å². The standard InChI is InChI=1S/C24H24O14/c1-9(25)33-8-17-21(34-10(2)26)22(35-11(3)27)23(36-12(4)28)24(38-17)37-16-7-15(31)18-13(29)5-6-14(30)19(18)20(16)32/h5-7,17,21-24,31-32H,8H2,1-4H3/t17-,21+,22-,23+,24+/m0/s1. The van der Waals surface area contributed by atoms with Crippen LogP contribution < -0.4 is 4.74 Å². The zero-order valence-electron chi connectivity index (χ0n) is 20.6. The Morgan fingerprint density at radius 1 is 0.789 bits per heavy atom. The lowest BCUT2D eigenvalue weighted by Gasteiger charge is -2.44. The third-order valence-electron chi connectivity index (χ3n) is 5.31. The number of fused-ring (bicyclic) bond motifs is 1. The Balaban J connectivity index is 2.09. The molecule has 1 aliphatic heterocycles. The Hall–Kier alpha value is -4.46. The average Bonchev–Trinajstić information content (AvgIpc) is 2.80. The number of benzene rings is 1. The summed E-state index contributed by atoms with van der Waals surface area (Å²) >= 11 is 0. The number of allylic oxidation sites excluding steroid dienone is 2. The normalized spacial score (nSPS) is 24.2. The first kappa shape index (κ1) is 28.1. The van der Waals surface area contributed by atoms with Gasteiger partial charge in [0.25, 0.3) is 0 Å². The maximum atomic E-state index is 12.4. The Labute approximate surface area is 215 Å². The van der Waals surface area contributed by atoms with Crippen molar-refractivity contribution < 1.29 is 67.4 Å². The minimum absolute atomic E-state index is 0.455. The number of phenols is 2. The summed E-state index contributed by atoms with van der Waals surface area (Å²) in [7, 11) is 0. The summed E-state index contributed by atoms with van der Waals surface area (Å²) in [6.07, 6.45) is -5.92. The predicted octanol–water partition coefficient (Wildman–Crippen LogP) is 0.495. The highest BCUT2D eigenvalue weighted by atomic mass is 16.7. The van der Waals surface area contributed by atoms with E-state index in [-0.39, 0.29) is 0 Å². The summed E-state index contributed by atoms with van der Waals surface area (Å²) in [6, 6.07) is 0.826. The van der Waals surface area contributed by atoms with E-state index in [1.165, 1.54) is 0 Å². The van der Waals surface area contributed by atoms with Gasteiger partial charge in [-0.05, 0) is 12.2 Å². The molecule has 1 fully saturated rings. The van der Waals surface area contributed by atoms with Crippen LogP contribution in [-0.2, 0) is 42.9 Å². The molecule has 0 spiro atoms. The highest BCUT2D eigenvalue weighted by Crippen LogP contribution is 2.42. The van der Waals surface area contributed by atoms with Crippen LogP contribution in [-0.4, -0.2) is 83.0 Å². The molecule has 204 valence electrons. The second-order valence-electron chi connectivity index (χ2n) is 8.24. The maximum absolute atomic E-state index is 12.4. The van der Waals surface area contributed by atoms with Crippen LogP contribution in [0, 0.1) is 0 Å². The van der Waals surface area contributed by atoms with Crippen LogP contribution >= 0.6 is 0 Å². The molecular weight excluding hydrogens is 512 g/mol. The first-order chi connectivity index (χ1) is 17.8. The summed E-state index contributed by atoms with van der Waals surface area (Å²) in [5, 5.41) is 21.1. The largest absolute Gasteiger partial charge is 0.507 e. The van der Waals surface area contributed by atoms with E-state index in [2.05, 4.69) is 0 Å². The predicted molar refractivity (Wildman–Crippen MR) is 120 cm³/mol. The Morgan fingerprint density at radius 2 is 1.32 bits per heavy atom. The molecule has 14 nitrogen and oxygen atoms in total. The van der Waals surface area contributed by atoms with Crippen molar-refractivity contribution in [2.75, 3.05) is 6.61 Å². The minimum Gasteiger partial charge on any atom is -0.507 e. The van der Waals surface area contributed by atoms with Crippen LogP contribution in [0.4, 0.5) is 0 Å². The van der Waals surface area contributed by atoms with Crippen LogP contribution in [0.15, 0.2) is 18.2 Å². The molecule has 1 aromatic carbocycles. The summed E-state index contributed by atoms with van der Waals surface area (Å²) in [5.41, 5.74) is -0.998. The van der Waals surface area contributed by atoms with Crippen LogP contribution in [0.3, 0.4) is 0 Å². The number of phenolic OH excluding ortho intramolecular Hbond substituents is 2. The van der Waals surface area contributed by atoms with Gasteiger partial charge in [-0.25, -0.2) is 0 Å². The van der Waals surface area contributed by atoms with Gasteiger partial charge in [-0.15, -0.1) is 0 Å². The summed E-state index contributed by atoms with van der Waals surface area (Å²) in [5.74, 6) is -7.00. The molecule has 0 saturated carbocycles. The number of ether oxygens (including phenoxy) is 6. The number of carbonyl (C=O) groups is 6. The van der Waals surface area contributed by atoms with Gasteiger partial charge in [0.1, 0.15) is 18.5 Å². The number of hydrogen-bond donors (Lipinski definition) is 2. The molecule has 0 unspecified atom stereocenters. The summed E-state index contributed by atoms with van der Waals surface area (Å²) < 4.78 is 32.2. The lowest BCUT2D eigenvalue weighted by molar-refractivity contribution is -0.288. The van der Waals surface area contributed by atoms with Crippen molar-refractivity contribution in [1.82, 2.24) is 0 Å². The zero-order valence-corrected chi connectivity index (χ0v) is 20.6. The smallest absolute Gasteiger partial charge is 0.303 e. The van der Waals surface area contributed by atoms with E-state index in [9.17, 15) is 39.0 Å². The fourth-order valence-electron chi connectivity index (χ4n) is 3.94. The van der Waals surface area contributed by atoms with Crippen molar-refractivity contribution in [1.29, 1.82) is 0 Å². The molecule has 5 atom stereocenters. The van der Waals surface area contributed by atoms with Crippen LogP contribution in [0.1, 0.15) is 48.4 Å². The van der Waals surface area contributed by atoms with Crippen LogP contribution in [0.25, 0.3) is 0 Å². The maximum Gasteiger partial charge on any atom is 0.303 e. The van der Waals surface area contributed by atoms with Crippen molar-refractivity contribution in [2.45, 2.75) is 58.4 Å². The fourth-order valence-corrected chi connectivity index (χ4v) is 3.94. The minimum atomic E-state index is -1.75. The molecule has 0 bridgehead atoms. The molecule has 1 heterocycles. The van der Waals surface area contributed by atoms with Gasteiger partial charge in [0, 0.05) is 33.8 Å². The second-order valence-corrected chi connectivity index (χ2v) is 8.24. The lowest BCUT2D eigenvalue weighted by Crippen LogP contribution is -2.63. The number of ketones is 2. The SMILES string of the molecule is CC(=O)OC[C@@H]1O[C@@H](Oc2cc(O)c3c(c2O)C(=O)C=CC3=O)[C@H](OC(C)=O)[C@@H](OC(C)=O)[C@@H]1OC(C)=O. The zero-order chi connectivity index (χ0) is 28.3. The van der Waals surface area contributed by atoms with Crippen LogP contribution in [0.5, 0.6) is 17.2 Å². The summed E-state index contributed by atoms with van der Waals surface area (Å²) in [6.45, 7) is 3.68. The van der Waals surface area contributed by atoms with Gasteiger partial charge in [0.05, 0.1) is 11.1 Å². The van der Waals surface area contributed by atoms with Crippen molar-refractivity contribution in [3.8, 4) is 17.2 Å². The van der Waals surface area contributed by atoms with E-state index in [4.69, 9.17) is 28.4 Å². The van der Waals surface area contributed by atoms with E-state index >= 15 is 0 Å². The monoisotopic (exact) mass is 536 g/mol. The number of aromatic hydroxyl groups is 2. The van der Waals surface area contributed by atoms with Gasteiger partial charge < -0.3 is 38.6 Å². The average molecular weight is 536 g/mol. The third-order valence-corrected chi connectivity index (χ3v) is 5.31. The molecular formula is C24H24O14. The third kappa shape index (κ3) is 6.08. The molecule has 0 aromatic heterocycles. The Kier molecular flexibility index (Phi) is 8.36. The van der Waals surface area contributed by atoms with Crippen LogP contribution in [0.2, 0.25) is 0 Å². The molecule has 0 radical (unpaired) electrons. The molecule has 3 rings (SSSR count). The molecule has 38 heavy (non-hydrogen) atoms. The van der Waals surface area contributed by atoms with E-state index in [1.807, 2.05) is 0 Å². The van der Waals surface area contributed by atoms with E-state index in [0.29, 0.717) is 0 Å². The van der Waals surface area contributed by atoms with Gasteiger partial charge in [-0.1, -0.05) is 0 Å². The van der Waals surface area contributed by atoms with E-state index < -0.39 is 101 Å². The first-order valence-corrected chi connectivity index (χ1v) is 11.1. The van der Waals surface area contributed by atoms with Crippen molar-refractivity contribution in [3.63, 3.8) is 0 Å². The number of carbonyl (C=O) groups excluding carboxylic acids is 6. The quantitative estimate of drug-likeness (QED) is 0.277. The Morgan fingerprint density at radius 3 is 1.87 bits per heavy atom. The van der Waals surface area contributed by atoms with Crippen molar-refractivity contribution in [3.05, 3.63) is 29.3 Å². The highest BCUT2D eigenvalue weighted by Gasteiger charge is 2.53. The number of hydrogen-bond acceptors (Lipinski definition) is 14. The summed E-state index contributed by atoms with van der Waals surface area (Å²) in [4.78, 5) is 71.6. The molecule has 1 saturated heterocycles. The van der Waals surface area contributed by atoms with E-state index in [1.54, 1.807) is 0 Å². The van der Waals surface area contributed by atoms with Gasteiger partial charge in [-0.3, -0.25) is 28.8 Å². The topological polar surface area (TPSA) is 198 Å². The van der Waals surface area contributed by atoms with Gasteiger partial charge >= 0.3 is 23.9 Å². The van der Waals surface area contributed by atoms with Gasteiger partial charge in [-0.2, -0.15) is 0 Å². The van der Waals surface area contributed by atoms with E-state index in [0.717, 1.165) is 45.9 Å². The molecule has 2 aliphatic rings. The molecule has 1 aliphatic carbocycles. The number of esters is 4. The molecule has 2 N–H and O–H groups in total. The second kappa shape index (κ2) is 11.3. The highest BCUT2D eigenvalue weighted by molar-refractivity contribution is 6.24. The Bertz CT molecular complexity index is 1210. The lowest BCUT2D eigenvalue weighted by atomic mass is 9.92. The van der Waals surface area contributed by atoms with Crippen molar-refractivity contribution >= 4 is 35.4 Å². The first-order valence-electron chi connectivity index (χ1n) is 11.1. The molecule has 14 heteroatoms. The number of rotatable bonds is 7. The fraction of sp³-hybridized carbons (Fsp3) is 0.417. The van der Waals surface area contributed by atoms with Gasteiger partial charge in [0.15, 0.2) is 35.3 Å². The van der Waals surface area contributed by atoms with Gasteiger partial charge in [0.2, 0.25) is 12.4 Å².